The number of alkyl halides is 6. The fraction of sp³-hybridized carbons (Fsp3) is 0.125. The van der Waals surface area contributed by atoms with Gasteiger partial charge in [0, 0.05) is 11.8 Å². The molecule has 5 N–H and O–H groups in total. The molecule has 0 atom stereocenters. The van der Waals surface area contributed by atoms with Gasteiger partial charge in [-0.05, 0) is 30.3 Å². The Bertz CT molecular complexity index is 949. The van der Waals surface area contributed by atoms with Gasteiger partial charge in [-0.1, -0.05) is 0 Å². The van der Waals surface area contributed by atoms with E-state index in [4.69, 9.17) is 16.6 Å². The van der Waals surface area contributed by atoms with Gasteiger partial charge in [0.1, 0.15) is 5.69 Å². The molecule has 0 saturated heterocycles. The van der Waals surface area contributed by atoms with Crippen LogP contribution in [-0.2, 0) is 12.4 Å². The minimum Gasteiger partial charge on any atom is -0.478 e. The standard InChI is InChI=1S/C16H11F6N5O2/c17-15(18,19)9-3-8(4-10(5-9)16(20,21)22)12(23)26-27-13(24)11-2-1-7(6-25-11)14(28)29/h1-6H,(H2,23,26)(H2,24,27)(H,28,29). The van der Waals surface area contributed by atoms with E-state index in [1.807, 2.05) is 0 Å². The summed E-state index contributed by atoms with van der Waals surface area (Å²) in [5.41, 5.74) is 7.05. The predicted molar refractivity (Wildman–Crippen MR) is 89.1 cm³/mol. The zero-order chi connectivity index (χ0) is 22.0. The van der Waals surface area contributed by atoms with Gasteiger partial charge >= 0.3 is 18.3 Å². The number of hydrogen-bond acceptors (Lipinski definition) is 4. The van der Waals surface area contributed by atoms with Gasteiger partial charge in [-0.25, -0.2) is 4.79 Å². The number of carbonyl (C=O) groups is 1. The molecule has 7 nitrogen and oxygen atoms in total. The highest BCUT2D eigenvalue weighted by atomic mass is 19.4. The Kier molecular flexibility index (Phi) is 5.80. The molecule has 1 heterocycles. The minimum atomic E-state index is -5.05. The van der Waals surface area contributed by atoms with Gasteiger partial charge in [-0.3, -0.25) is 4.98 Å². The summed E-state index contributed by atoms with van der Waals surface area (Å²) in [4.78, 5) is 14.4. The normalized spacial score (nSPS) is 13.4. The van der Waals surface area contributed by atoms with Crippen molar-refractivity contribution in [1.82, 2.24) is 4.98 Å². The monoisotopic (exact) mass is 419 g/mol. The first-order chi connectivity index (χ1) is 13.3. The van der Waals surface area contributed by atoms with Crippen LogP contribution in [0.15, 0.2) is 46.7 Å². The van der Waals surface area contributed by atoms with E-state index in [0.717, 1.165) is 12.3 Å². The smallest absolute Gasteiger partial charge is 0.416 e. The molecule has 13 heteroatoms. The van der Waals surface area contributed by atoms with E-state index in [-0.39, 0.29) is 17.3 Å². The summed E-state index contributed by atoms with van der Waals surface area (Å²) in [6.45, 7) is 0. The highest BCUT2D eigenvalue weighted by Gasteiger charge is 2.37. The van der Waals surface area contributed by atoms with E-state index in [9.17, 15) is 31.1 Å². The second-order valence-corrected chi connectivity index (χ2v) is 5.50. The first-order valence-corrected chi connectivity index (χ1v) is 7.45. The summed E-state index contributed by atoms with van der Waals surface area (Å²) >= 11 is 0. The van der Waals surface area contributed by atoms with Crippen molar-refractivity contribution in [2.45, 2.75) is 12.4 Å². The Balaban J connectivity index is 2.41. The maximum absolute atomic E-state index is 12.9. The average molecular weight is 419 g/mol. The predicted octanol–water partition coefficient (Wildman–Crippen LogP) is 2.84. The van der Waals surface area contributed by atoms with Crippen LogP contribution in [0.1, 0.15) is 32.7 Å². The molecule has 0 fully saturated rings. The van der Waals surface area contributed by atoms with Crippen LogP contribution in [0.5, 0.6) is 0 Å². The molecule has 0 aliphatic carbocycles. The molecular weight excluding hydrogens is 408 g/mol. The molecule has 29 heavy (non-hydrogen) atoms. The molecule has 0 aliphatic heterocycles. The molecule has 0 aliphatic rings. The Labute approximate surface area is 158 Å². The van der Waals surface area contributed by atoms with E-state index in [2.05, 4.69) is 15.2 Å². The molecule has 0 radical (unpaired) electrons. The van der Waals surface area contributed by atoms with Gasteiger partial charge in [0.05, 0.1) is 16.7 Å². The topological polar surface area (TPSA) is 127 Å². The number of carboxylic acid groups (broad SMARTS) is 1. The number of carboxylic acids is 1. The first-order valence-electron chi connectivity index (χ1n) is 7.45. The average Bonchev–Trinajstić information content (AvgIpc) is 2.64. The largest absolute Gasteiger partial charge is 0.478 e. The van der Waals surface area contributed by atoms with Crippen LogP contribution in [0.4, 0.5) is 26.3 Å². The Morgan fingerprint density at radius 2 is 1.38 bits per heavy atom. The minimum absolute atomic E-state index is 0.0356. The summed E-state index contributed by atoms with van der Waals surface area (Å²) < 4.78 is 77.3. The molecule has 0 unspecified atom stereocenters. The molecule has 2 aromatic rings. The lowest BCUT2D eigenvalue weighted by atomic mass is 10.0. The van der Waals surface area contributed by atoms with Crippen molar-refractivity contribution < 1.29 is 36.2 Å². The number of pyridine rings is 1. The van der Waals surface area contributed by atoms with E-state index < -0.39 is 46.7 Å². The van der Waals surface area contributed by atoms with Gasteiger partial charge < -0.3 is 16.6 Å². The van der Waals surface area contributed by atoms with Gasteiger partial charge in [-0.15, -0.1) is 10.2 Å². The van der Waals surface area contributed by atoms with Crippen LogP contribution in [0.2, 0.25) is 0 Å². The van der Waals surface area contributed by atoms with Crippen molar-refractivity contribution in [2.75, 3.05) is 0 Å². The highest BCUT2D eigenvalue weighted by Crippen LogP contribution is 2.36. The third kappa shape index (κ3) is 5.43. The summed E-state index contributed by atoms with van der Waals surface area (Å²) in [6, 6.07) is 3.06. The number of aromatic carboxylic acids is 1. The lowest BCUT2D eigenvalue weighted by Gasteiger charge is -2.13. The SMILES string of the molecule is N/C(=N\N=C(/N)c1ccc(C(=O)O)cn1)c1cc(C(F)(F)F)cc(C(F)(F)F)c1. The number of hydrogen-bond donors (Lipinski definition) is 3. The number of halogens is 6. The fourth-order valence-corrected chi connectivity index (χ4v) is 1.99. The van der Waals surface area contributed by atoms with Crippen molar-refractivity contribution >= 4 is 17.6 Å². The first kappa shape index (κ1) is 21.7. The zero-order valence-corrected chi connectivity index (χ0v) is 14.1. The van der Waals surface area contributed by atoms with Crippen LogP contribution in [0, 0.1) is 0 Å². The maximum Gasteiger partial charge on any atom is 0.416 e. The van der Waals surface area contributed by atoms with Crippen molar-refractivity contribution in [3.05, 3.63) is 64.5 Å². The maximum atomic E-state index is 12.9. The summed E-state index contributed by atoms with van der Waals surface area (Å²) in [5.74, 6) is -2.40. The second kappa shape index (κ2) is 7.77. The molecule has 1 aromatic carbocycles. The third-order valence-corrected chi connectivity index (χ3v) is 3.42. The van der Waals surface area contributed by atoms with Crippen molar-refractivity contribution in [3.63, 3.8) is 0 Å². The van der Waals surface area contributed by atoms with Crippen molar-refractivity contribution in [3.8, 4) is 0 Å². The fourth-order valence-electron chi connectivity index (χ4n) is 1.99. The van der Waals surface area contributed by atoms with Gasteiger partial charge in [-0.2, -0.15) is 26.3 Å². The molecule has 0 saturated carbocycles. The number of rotatable bonds is 4. The highest BCUT2D eigenvalue weighted by molar-refractivity contribution is 6.00. The Morgan fingerprint density at radius 1 is 0.862 bits per heavy atom. The lowest BCUT2D eigenvalue weighted by Crippen LogP contribution is -2.19. The van der Waals surface area contributed by atoms with Crippen LogP contribution in [-0.4, -0.2) is 27.7 Å². The number of nitrogens with zero attached hydrogens (tertiary/aromatic N) is 3. The summed E-state index contributed by atoms with van der Waals surface area (Å²) in [6.07, 6.45) is -9.13. The van der Waals surface area contributed by atoms with Gasteiger partial charge in [0.15, 0.2) is 11.7 Å². The summed E-state index contributed by atoms with van der Waals surface area (Å²) in [7, 11) is 0. The zero-order valence-electron chi connectivity index (χ0n) is 14.1. The van der Waals surface area contributed by atoms with Crippen LogP contribution in [0.3, 0.4) is 0 Å². The van der Waals surface area contributed by atoms with E-state index in [1.54, 1.807) is 0 Å². The molecule has 0 amide bonds. The van der Waals surface area contributed by atoms with E-state index >= 15 is 0 Å². The molecule has 0 spiro atoms. The number of aromatic nitrogens is 1. The van der Waals surface area contributed by atoms with E-state index in [0.29, 0.717) is 12.1 Å². The van der Waals surface area contributed by atoms with Crippen LogP contribution < -0.4 is 11.5 Å². The Morgan fingerprint density at radius 3 is 1.79 bits per heavy atom. The number of nitrogens with two attached hydrogens (primary N) is 2. The molecular formula is C16H11F6N5O2. The number of benzene rings is 1. The van der Waals surface area contributed by atoms with Crippen molar-refractivity contribution in [2.24, 2.45) is 21.7 Å². The lowest BCUT2D eigenvalue weighted by molar-refractivity contribution is -0.143. The van der Waals surface area contributed by atoms with Crippen LogP contribution in [0.25, 0.3) is 0 Å². The molecule has 154 valence electrons. The third-order valence-electron chi connectivity index (χ3n) is 3.42. The van der Waals surface area contributed by atoms with E-state index in [1.165, 1.54) is 6.07 Å². The molecule has 2 rings (SSSR count). The van der Waals surface area contributed by atoms with Crippen molar-refractivity contribution in [1.29, 1.82) is 0 Å². The van der Waals surface area contributed by atoms with Crippen LogP contribution >= 0.6 is 0 Å². The second-order valence-electron chi connectivity index (χ2n) is 5.50. The summed E-state index contributed by atoms with van der Waals surface area (Å²) in [5, 5.41) is 15.5. The number of amidine groups is 2. The molecule has 0 bridgehead atoms. The quantitative estimate of drug-likeness (QED) is 0.304. The Hall–Kier alpha value is -3.64. The van der Waals surface area contributed by atoms with Gasteiger partial charge in [0.2, 0.25) is 0 Å². The van der Waals surface area contributed by atoms with Gasteiger partial charge in [0.25, 0.3) is 0 Å². The molecule has 1 aromatic heterocycles.